The van der Waals surface area contributed by atoms with Gasteiger partial charge in [0, 0.05) is 6.54 Å². The standard InChI is InChI=1S/C14H23NO2/c1-10-5-6-13(17-9-11(16)8-15)12(7-10)14(2,3)4/h5-7,11,16H,8-9,15H2,1-4H3/t11-/m0/s1. The van der Waals surface area contributed by atoms with Gasteiger partial charge in [0.05, 0.1) is 0 Å². The fourth-order valence-electron chi connectivity index (χ4n) is 1.61. The number of nitrogens with two attached hydrogens (primary N) is 1. The van der Waals surface area contributed by atoms with E-state index in [1.807, 2.05) is 12.1 Å². The Balaban J connectivity index is 2.91. The Morgan fingerprint density at radius 2 is 2.00 bits per heavy atom. The third-order valence-corrected chi connectivity index (χ3v) is 2.65. The average Bonchev–Trinajstić information content (AvgIpc) is 2.25. The van der Waals surface area contributed by atoms with Crippen LogP contribution in [0.15, 0.2) is 18.2 Å². The Morgan fingerprint density at radius 1 is 1.35 bits per heavy atom. The first kappa shape index (κ1) is 14.0. The average molecular weight is 237 g/mol. The molecular weight excluding hydrogens is 214 g/mol. The predicted molar refractivity (Wildman–Crippen MR) is 70.4 cm³/mol. The zero-order valence-electron chi connectivity index (χ0n) is 11.2. The molecule has 0 heterocycles. The molecule has 0 bridgehead atoms. The highest BCUT2D eigenvalue weighted by molar-refractivity contribution is 5.41. The van der Waals surface area contributed by atoms with E-state index in [2.05, 4.69) is 33.8 Å². The molecule has 3 N–H and O–H groups in total. The molecule has 0 amide bonds. The van der Waals surface area contributed by atoms with Crippen LogP contribution in [0.5, 0.6) is 5.75 Å². The Labute approximate surface area is 104 Å². The Kier molecular flexibility index (Phi) is 4.54. The highest BCUT2D eigenvalue weighted by Crippen LogP contribution is 2.32. The molecule has 1 rings (SSSR count). The molecule has 0 fully saturated rings. The fourth-order valence-corrected chi connectivity index (χ4v) is 1.61. The molecule has 0 radical (unpaired) electrons. The van der Waals surface area contributed by atoms with Crippen molar-refractivity contribution in [2.24, 2.45) is 5.73 Å². The van der Waals surface area contributed by atoms with Crippen molar-refractivity contribution in [1.29, 1.82) is 0 Å². The van der Waals surface area contributed by atoms with Gasteiger partial charge in [0.1, 0.15) is 18.5 Å². The Hall–Kier alpha value is -1.06. The molecule has 0 unspecified atom stereocenters. The first-order valence-corrected chi connectivity index (χ1v) is 5.96. The van der Waals surface area contributed by atoms with E-state index < -0.39 is 6.10 Å². The van der Waals surface area contributed by atoms with Crippen LogP contribution in [0.4, 0.5) is 0 Å². The van der Waals surface area contributed by atoms with Crippen molar-refractivity contribution in [2.45, 2.75) is 39.2 Å². The minimum Gasteiger partial charge on any atom is -0.491 e. The quantitative estimate of drug-likeness (QED) is 0.842. The van der Waals surface area contributed by atoms with Crippen LogP contribution in [0.1, 0.15) is 31.9 Å². The normalized spacial score (nSPS) is 13.5. The minimum absolute atomic E-state index is 0.0228. The monoisotopic (exact) mass is 237 g/mol. The SMILES string of the molecule is Cc1ccc(OC[C@@H](O)CN)c(C(C)(C)C)c1. The first-order valence-electron chi connectivity index (χ1n) is 5.96. The number of hydrogen-bond donors (Lipinski definition) is 2. The molecule has 0 aliphatic carbocycles. The summed E-state index contributed by atoms with van der Waals surface area (Å²) in [6.45, 7) is 8.96. The molecule has 96 valence electrons. The van der Waals surface area contributed by atoms with Gasteiger partial charge in [-0.05, 0) is 24.0 Å². The van der Waals surface area contributed by atoms with E-state index in [4.69, 9.17) is 10.5 Å². The maximum Gasteiger partial charge on any atom is 0.123 e. The summed E-state index contributed by atoms with van der Waals surface area (Å²) in [6.07, 6.45) is -0.607. The molecule has 0 spiro atoms. The molecule has 0 aliphatic rings. The second kappa shape index (κ2) is 5.52. The third-order valence-electron chi connectivity index (χ3n) is 2.65. The van der Waals surface area contributed by atoms with E-state index in [-0.39, 0.29) is 18.6 Å². The van der Waals surface area contributed by atoms with Gasteiger partial charge < -0.3 is 15.6 Å². The second-order valence-electron chi connectivity index (χ2n) is 5.45. The number of ether oxygens (including phenoxy) is 1. The number of aliphatic hydroxyl groups excluding tert-OH is 1. The molecule has 3 heteroatoms. The van der Waals surface area contributed by atoms with Crippen LogP contribution in [0.3, 0.4) is 0 Å². The molecular formula is C14H23NO2. The van der Waals surface area contributed by atoms with Gasteiger partial charge in [-0.25, -0.2) is 0 Å². The van der Waals surface area contributed by atoms with Gasteiger partial charge in [0.25, 0.3) is 0 Å². The van der Waals surface area contributed by atoms with Crippen molar-refractivity contribution >= 4 is 0 Å². The lowest BCUT2D eigenvalue weighted by atomic mass is 9.85. The smallest absolute Gasteiger partial charge is 0.123 e. The van der Waals surface area contributed by atoms with Gasteiger partial charge in [-0.2, -0.15) is 0 Å². The number of hydrogen-bond acceptors (Lipinski definition) is 3. The van der Waals surface area contributed by atoms with Crippen molar-refractivity contribution in [3.8, 4) is 5.75 Å². The predicted octanol–water partition coefficient (Wildman–Crippen LogP) is 1.99. The molecule has 1 atom stereocenters. The lowest BCUT2D eigenvalue weighted by Gasteiger charge is -2.24. The van der Waals surface area contributed by atoms with E-state index in [1.165, 1.54) is 5.56 Å². The van der Waals surface area contributed by atoms with E-state index >= 15 is 0 Å². The van der Waals surface area contributed by atoms with Crippen LogP contribution < -0.4 is 10.5 Å². The number of benzene rings is 1. The lowest BCUT2D eigenvalue weighted by molar-refractivity contribution is 0.113. The Morgan fingerprint density at radius 3 is 2.53 bits per heavy atom. The molecule has 17 heavy (non-hydrogen) atoms. The fraction of sp³-hybridized carbons (Fsp3) is 0.571. The summed E-state index contributed by atoms with van der Waals surface area (Å²) >= 11 is 0. The maximum atomic E-state index is 9.42. The summed E-state index contributed by atoms with van der Waals surface area (Å²) < 4.78 is 5.64. The van der Waals surface area contributed by atoms with Crippen molar-refractivity contribution in [1.82, 2.24) is 0 Å². The molecule has 0 aromatic heterocycles. The van der Waals surface area contributed by atoms with E-state index in [0.717, 1.165) is 11.3 Å². The highest BCUT2D eigenvalue weighted by atomic mass is 16.5. The zero-order chi connectivity index (χ0) is 13.1. The van der Waals surface area contributed by atoms with Gasteiger partial charge in [-0.3, -0.25) is 0 Å². The molecule has 3 nitrogen and oxygen atoms in total. The number of aryl methyl sites for hydroxylation is 1. The van der Waals surface area contributed by atoms with E-state index in [0.29, 0.717) is 0 Å². The number of rotatable bonds is 4. The number of aliphatic hydroxyl groups is 1. The summed E-state index contributed by atoms with van der Waals surface area (Å²) in [5.41, 5.74) is 7.74. The van der Waals surface area contributed by atoms with Crippen LogP contribution in [-0.4, -0.2) is 24.4 Å². The van der Waals surface area contributed by atoms with Crippen molar-refractivity contribution in [2.75, 3.05) is 13.2 Å². The summed E-state index contributed by atoms with van der Waals surface area (Å²) in [4.78, 5) is 0. The molecule has 0 saturated carbocycles. The molecule has 1 aromatic rings. The van der Waals surface area contributed by atoms with Gasteiger partial charge in [0.15, 0.2) is 0 Å². The van der Waals surface area contributed by atoms with Gasteiger partial charge >= 0.3 is 0 Å². The van der Waals surface area contributed by atoms with Crippen molar-refractivity contribution in [3.05, 3.63) is 29.3 Å². The molecule has 0 saturated heterocycles. The second-order valence-corrected chi connectivity index (χ2v) is 5.45. The maximum absolute atomic E-state index is 9.42. The van der Waals surface area contributed by atoms with E-state index in [9.17, 15) is 5.11 Å². The van der Waals surface area contributed by atoms with Crippen LogP contribution >= 0.6 is 0 Å². The topological polar surface area (TPSA) is 55.5 Å². The Bertz CT molecular complexity index is 369. The summed E-state index contributed by atoms with van der Waals surface area (Å²) in [6, 6.07) is 6.10. The van der Waals surface area contributed by atoms with Crippen LogP contribution in [0.2, 0.25) is 0 Å². The van der Waals surface area contributed by atoms with Crippen molar-refractivity contribution in [3.63, 3.8) is 0 Å². The van der Waals surface area contributed by atoms with Crippen LogP contribution in [0.25, 0.3) is 0 Å². The largest absolute Gasteiger partial charge is 0.491 e. The third kappa shape index (κ3) is 4.02. The molecule has 0 aliphatic heterocycles. The minimum atomic E-state index is -0.607. The zero-order valence-corrected chi connectivity index (χ0v) is 11.2. The van der Waals surface area contributed by atoms with Gasteiger partial charge in [-0.15, -0.1) is 0 Å². The van der Waals surface area contributed by atoms with Crippen molar-refractivity contribution < 1.29 is 9.84 Å². The van der Waals surface area contributed by atoms with Gasteiger partial charge in [-0.1, -0.05) is 38.5 Å². The lowest BCUT2D eigenvalue weighted by Crippen LogP contribution is -2.27. The summed E-state index contributed by atoms with van der Waals surface area (Å²) in [5, 5.41) is 9.42. The summed E-state index contributed by atoms with van der Waals surface area (Å²) in [5.74, 6) is 0.829. The van der Waals surface area contributed by atoms with Gasteiger partial charge in [0.2, 0.25) is 0 Å². The van der Waals surface area contributed by atoms with Crippen LogP contribution in [-0.2, 0) is 5.41 Å². The summed E-state index contributed by atoms with van der Waals surface area (Å²) in [7, 11) is 0. The highest BCUT2D eigenvalue weighted by Gasteiger charge is 2.19. The van der Waals surface area contributed by atoms with E-state index in [1.54, 1.807) is 0 Å². The van der Waals surface area contributed by atoms with Crippen LogP contribution in [0, 0.1) is 6.92 Å². The molecule has 1 aromatic carbocycles. The first-order chi connectivity index (χ1) is 7.84.